The van der Waals surface area contributed by atoms with E-state index in [4.69, 9.17) is 9.73 Å². The average Bonchev–Trinajstić information content (AvgIpc) is 3.25. The summed E-state index contributed by atoms with van der Waals surface area (Å²) < 4.78 is 5.36. The minimum absolute atomic E-state index is 0.0872. The second-order valence-corrected chi connectivity index (χ2v) is 11.6. The molecule has 4 nitrogen and oxygen atoms in total. The van der Waals surface area contributed by atoms with Crippen LogP contribution in [-0.2, 0) is 12.8 Å². The molecular formula is C31H32N2O2S. The van der Waals surface area contributed by atoms with E-state index in [0.717, 1.165) is 63.2 Å². The van der Waals surface area contributed by atoms with E-state index in [0.29, 0.717) is 5.92 Å². The Hall–Kier alpha value is -3.44. The fourth-order valence-electron chi connectivity index (χ4n) is 5.01. The van der Waals surface area contributed by atoms with Gasteiger partial charge in [0.25, 0.3) is 5.91 Å². The molecule has 5 rings (SSSR count). The summed E-state index contributed by atoms with van der Waals surface area (Å²) in [7, 11) is 1.66. The highest BCUT2D eigenvalue weighted by Crippen LogP contribution is 2.45. The van der Waals surface area contributed by atoms with E-state index in [-0.39, 0.29) is 11.3 Å². The second-order valence-electron chi connectivity index (χ2n) is 10.5. The van der Waals surface area contributed by atoms with Crippen molar-refractivity contribution in [2.45, 2.75) is 40.0 Å². The maximum absolute atomic E-state index is 13.8. The van der Waals surface area contributed by atoms with Crippen LogP contribution in [0.15, 0.2) is 71.7 Å². The van der Waals surface area contributed by atoms with Gasteiger partial charge in [0.15, 0.2) is 0 Å². The summed E-state index contributed by atoms with van der Waals surface area (Å²) in [5.74, 6) is 1.29. The van der Waals surface area contributed by atoms with Crippen LogP contribution >= 0.6 is 11.3 Å². The number of thiophene rings is 1. The summed E-state index contributed by atoms with van der Waals surface area (Å²) in [6.07, 6.45) is 4.81. The van der Waals surface area contributed by atoms with Crippen molar-refractivity contribution in [3.05, 3.63) is 88.3 Å². The van der Waals surface area contributed by atoms with Crippen LogP contribution < -0.4 is 10.1 Å². The van der Waals surface area contributed by atoms with Crippen molar-refractivity contribution in [1.82, 2.24) is 0 Å². The predicted octanol–water partition coefficient (Wildman–Crippen LogP) is 8.06. The van der Waals surface area contributed by atoms with Gasteiger partial charge in [-0.15, -0.1) is 11.3 Å². The molecule has 0 saturated heterocycles. The van der Waals surface area contributed by atoms with Crippen LogP contribution in [0.25, 0.3) is 10.8 Å². The van der Waals surface area contributed by atoms with Gasteiger partial charge in [-0.05, 0) is 65.3 Å². The Morgan fingerprint density at radius 2 is 1.86 bits per heavy atom. The molecule has 1 heterocycles. The fourth-order valence-corrected chi connectivity index (χ4v) is 6.28. The number of carbonyl (C=O) groups is 1. The first kappa shape index (κ1) is 24.3. The number of anilines is 1. The molecule has 0 fully saturated rings. The molecule has 0 saturated carbocycles. The van der Waals surface area contributed by atoms with Gasteiger partial charge in [0.2, 0.25) is 0 Å². The molecule has 0 unspecified atom stereocenters. The highest BCUT2D eigenvalue weighted by molar-refractivity contribution is 7.16. The van der Waals surface area contributed by atoms with Gasteiger partial charge in [-0.3, -0.25) is 4.79 Å². The standard InChI is InChI=1S/C31H32N2O2S/c1-31(2,3)22-15-16-25-27(18-22)36-30(32-19-20-9-7-12-23(17-20)35-4)28(25)29(34)33-26-14-8-11-21-10-5-6-13-24(21)26/h5-14,17,19,22H,15-16,18H2,1-4H3,(H,33,34)/t22-/m0/s1. The first-order valence-corrected chi connectivity index (χ1v) is 13.3. The second kappa shape index (κ2) is 9.90. The molecule has 1 aliphatic carbocycles. The first-order chi connectivity index (χ1) is 17.3. The molecule has 184 valence electrons. The van der Waals surface area contributed by atoms with Crippen molar-refractivity contribution in [3.8, 4) is 5.75 Å². The van der Waals surface area contributed by atoms with E-state index < -0.39 is 0 Å². The van der Waals surface area contributed by atoms with E-state index in [1.165, 1.54) is 4.88 Å². The minimum Gasteiger partial charge on any atom is -0.497 e. The number of aliphatic imine (C=N–C) groups is 1. The Balaban J connectivity index is 1.53. The Morgan fingerprint density at radius 3 is 2.67 bits per heavy atom. The lowest BCUT2D eigenvalue weighted by Gasteiger charge is -2.33. The Bertz CT molecular complexity index is 1440. The molecule has 0 aliphatic heterocycles. The van der Waals surface area contributed by atoms with Crippen LogP contribution in [-0.4, -0.2) is 19.2 Å². The lowest BCUT2D eigenvalue weighted by atomic mass is 9.72. The third kappa shape index (κ3) is 4.93. The molecular weight excluding hydrogens is 464 g/mol. The molecule has 4 aromatic rings. The van der Waals surface area contributed by atoms with E-state index in [1.807, 2.05) is 60.8 Å². The zero-order valence-electron chi connectivity index (χ0n) is 21.3. The summed E-state index contributed by atoms with van der Waals surface area (Å²) in [5.41, 5.74) is 3.88. The number of rotatable bonds is 5. The average molecular weight is 497 g/mol. The molecule has 0 spiro atoms. The molecule has 0 radical (unpaired) electrons. The zero-order chi connectivity index (χ0) is 25.3. The smallest absolute Gasteiger partial charge is 0.259 e. The summed E-state index contributed by atoms with van der Waals surface area (Å²) in [6.45, 7) is 6.94. The number of amides is 1. The van der Waals surface area contributed by atoms with Crippen molar-refractivity contribution >= 4 is 44.9 Å². The topological polar surface area (TPSA) is 50.7 Å². The Kier molecular flexibility index (Phi) is 6.67. The zero-order valence-corrected chi connectivity index (χ0v) is 22.1. The largest absolute Gasteiger partial charge is 0.497 e. The Morgan fingerprint density at radius 1 is 1.08 bits per heavy atom. The van der Waals surface area contributed by atoms with Gasteiger partial charge in [-0.2, -0.15) is 0 Å². The molecule has 1 N–H and O–H groups in total. The third-order valence-corrected chi connectivity index (χ3v) is 8.32. The van der Waals surface area contributed by atoms with Gasteiger partial charge >= 0.3 is 0 Å². The van der Waals surface area contributed by atoms with Crippen LogP contribution in [0.2, 0.25) is 0 Å². The maximum atomic E-state index is 13.8. The number of carbonyl (C=O) groups excluding carboxylic acids is 1. The molecule has 0 bridgehead atoms. The van der Waals surface area contributed by atoms with Gasteiger partial charge in [-0.25, -0.2) is 4.99 Å². The first-order valence-electron chi connectivity index (χ1n) is 12.5. The molecule has 1 amide bonds. The lowest BCUT2D eigenvalue weighted by molar-refractivity contribution is 0.102. The van der Waals surface area contributed by atoms with Crippen molar-refractivity contribution in [2.75, 3.05) is 12.4 Å². The van der Waals surface area contributed by atoms with Crippen molar-refractivity contribution < 1.29 is 9.53 Å². The van der Waals surface area contributed by atoms with Crippen LogP contribution in [0.4, 0.5) is 10.7 Å². The van der Waals surface area contributed by atoms with Crippen molar-refractivity contribution in [1.29, 1.82) is 0 Å². The Labute approximate surface area is 217 Å². The highest BCUT2D eigenvalue weighted by atomic mass is 32.1. The number of fused-ring (bicyclic) bond motifs is 2. The number of nitrogens with zero attached hydrogens (tertiary/aromatic N) is 1. The van der Waals surface area contributed by atoms with E-state index in [1.54, 1.807) is 18.4 Å². The SMILES string of the molecule is COc1cccc(C=Nc2sc3c(c2C(=O)Nc2cccc4ccccc24)CC[C@H](C(C)(C)C)C3)c1. The number of hydrogen-bond donors (Lipinski definition) is 1. The number of ether oxygens (including phenoxy) is 1. The summed E-state index contributed by atoms with van der Waals surface area (Å²) in [4.78, 5) is 19.9. The molecule has 1 aliphatic rings. The van der Waals surface area contributed by atoms with Crippen LogP contribution in [0.3, 0.4) is 0 Å². The van der Waals surface area contributed by atoms with Gasteiger partial charge in [0, 0.05) is 22.2 Å². The number of hydrogen-bond acceptors (Lipinski definition) is 4. The van der Waals surface area contributed by atoms with Crippen molar-refractivity contribution in [2.24, 2.45) is 16.3 Å². The lowest BCUT2D eigenvalue weighted by Crippen LogP contribution is -2.27. The molecule has 5 heteroatoms. The van der Waals surface area contributed by atoms with E-state index in [2.05, 4.69) is 38.2 Å². The van der Waals surface area contributed by atoms with Crippen LogP contribution in [0.1, 0.15) is 53.6 Å². The monoisotopic (exact) mass is 496 g/mol. The van der Waals surface area contributed by atoms with Gasteiger partial charge in [0.1, 0.15) is 10.8 Å². The normalized spacial score (nSPS) is 15.7. The molecule has 1 atom stereocenters. The predicted molar refractivity (Wildman–Crippen MR) is 151 cm³/mol. The highest BCUT2D eigenvalue weighted by Gasteiger charge is 2.33. The fraction of sp³-hybridized carbons (Fsp3) is 0.290. The molecule has 1 aromatic heterocycles. The molecule has 3 aromatic carbocycles. The van der Waals surface area contributed by atoms with Gasteiger partial charge in [-0.1, -0.05) is 69.3 Å². The van der Waals surface area contributed by atoms with Crippen LogP contribution in [0.5, 0.6) is 5.75 Å². The van der Waals surface area contributed by atoms with Gasteiger partial charge in [0.05, 0.1) is 12.7 Å². The third-order valence-electron chi connectivity index (χ3n) is 7.16. The summed E-state index contributed by atoms with van der Waals surface area (Å²) >= 11 is 1.66. The van der Waals surface area contributed by atoms with E-state index in [9.17, 15) is 4.79 Å². The number of benzene rings is 3. The number of nitrogens with one attached hydrogen (secondary N) is 1. The molecule has 36 heavy (non-hydrogen) atoms. The van der Waals surface area contributed by atoms with Gasteiger partial charge < -0.3 is 10.1 Å². The van der Waals surface area contributed by atoms with Crippen molar-refractivity contribution in [3.63, 3.8) is 0 Å². The minimum atomic E-state index is -0.0872. The summed E-state index contributed by atoms with van der Waals surface area (Å²) in [5, 5.41) is 6.12. The van der Waals surface area contributed by atoms with E-state index >= 15 is 0 Å². The summed E-state index contributed by atoms with van der Waals surface area (Å²) in [6, 6.07) is 21.9. The van der Waals surface area contributed by atoms with Crippen LogP contribution in [0, 0.1) is 11.3 Å². The maximum Gasteiger partial charge on any atom is 0.259 e. The number of methoxy groups -OCH3 is 1. The quantitative estimate of drug-likeness (QED) is 0.284.